The molecule has 122 valence electrons. The fourth-order valence-corrected chi connectivity index (χ4v) is 2.74. The van der Waals surface area contributed by atoms with Crippen LogP contribution >= 0.6 is 0 Å². The predicted molar refractivity (Wildman–Crippen MR) is 86.2 cm³/mol. The molecule has 0 bridgehead atoms. The average molecular weight is 314 g/mol. The van der Waals surface area contributed by atoms with E-state index in [2.05, 4.69) is 14.8 Å². The molecule has 1 aromatic carbocycles. The Morgan fingerprint density at radius 3 is 3.00 bits per heavy atom. The monoisotopic (exact) mass is 314 g/mol. The van der Waals surface area contributed by atoms with Gasteiger partial charge < -0.3 is 14.2 Å². The van der Waals surface area contributed by atoms with Gasteiger partial charge in [0.1, 0.15) is 11.6 Å². The van der Waals surface area contributed by atoms with Gasteiger partial charge in [-0.3, -0.25) is 4.79 Å². The largest absolute Gasteiger partial charge is 0.483 e. The predicted octanol–water partition coefficient (Wildman–Crippen LogP) is 1.88. The highest BCUT2D eigenvalue weighted by Gasteiger charge is 2.20. The lowest BCUT2D eigenvalue weighted by molar-refractivity contribution is -0.132. The second-order valence-corrected chi connectivity index (χ2v) is 6.10. The van der Waals surface area contributed by atoms with Crippen molar-refractivity contribution < 1.29 is 9.53 Å². The summed E-state index contributed by atoms with van der Waals surface area (Å²) < 4.78 is 7.78. The maximum Gasteiger partial charge on any atom is 0.260 e. The fraction of sp³-hybridized carbons (Fsp3) is 0.471. The first-order chi connectivity index (χ1) is 11.0. The van der Waals surface area contributed by atoms with Crippen LogP contribution in [0.25, 0.3) is 0 Å². The molecule has 0 aliphatic carbocycles. The van der Waals surface area contributed by atoms with Gasteiger partial charge in [-0.1, -0.05) is 12.1 Å². The Morgan fingerprint density at radius 2 is 2.17 bits per heavy atom. The maximum atomic E-state index is 12.3. The summed E-state index contributed by atoms with van der Waals surface area (Å²) in [5.41, 5.74) is 2.15. The number of likely N-dealkylation sites (N-methyl/N-ethyl adjacent to an activating group) is 1. The molecule has 2 aromatic rings. The van der Waals surface area contributed by atoms with E-state index < -0.39 is 0 Å². The molecule has 2 heterocycles. The molecule has 0 unspecified atom stereocenters. The Hall–Kier alpha value is -2.37. The van der Waals surface area contributed by atoms with E-state index in [1.54, 1.807) is 11.9 Å². The van der Waals surface area contributed by atoms with Gasteiger partial charge in [-0.05, 0) is 37.5 Å². The molecule has 6 nitrogen and oxygen atoms in total. The Bertz CT molecular complexity index is 723. The van der Waals surface area contributed by atoms with Gasteiger partial charge in [-0.2, -0.15) is 0 Å². The molecule has 0 atom stereocenters. The fourth-order valence-electron chi connectivity index (χ4n) is 2.74. The summed E-state index contributed by atoms with van der Waals surface area (Å²) in [7, 11) is 1.77. The summed E-state index contributed by atoms with van der Waals surface area (Å²) >= 11 is 0. The molecule has 0 saturated carbocycles. The van der Waals surface area contributed by atoms with Gasteiger partial charge in [-0.25, -0.2) is 0 Å². The van der Waals surface area contributed by atoms with Gasteiger partial charge in [0.2, 0.25) is 0 Å². The van der Waals surface area contributed by atoms with E-state index in [1.807, 2.05) is 32.0 Å². The zero-order valence-electron chi connectivity index (χ0n) is 13.9. The van der Waals surface area contributed by atoms with Gasteiger partial charge >= 0.3 is 0 Å². The minimum Gasteiger partial charge on any atom is -0.483 e. The Balaban J connectivity index is 1.58. The molecule has 23 heavy (non-hydrogen) atoms. The summed E-state index contributed by atoms with van der Waals surface area (Å²) in [6.07, 6.45) is 2.08. The lowest BCUT2D eigenvalue weighted by Gasteiger charge is -2.18. The molecule has 0 spiro atoms. The van der Waals surface area contributed by atoms with E-state index in [1.165, 1.54) is 0 Å². The van der Waals surface area contributed by atoms with E-state index >= 15 is 0 Å². The summed E-state index contributed by atoms with van der Waals surface area (Å²) in [5.74, 6) is 2.56. The number of ether oxygens (including phenoxy) is 1. The number of carbonyl (C=O) groups excluding carboxylic acids is 1. The zero-order valence-corrected chi connectivity index (χ0v) is 13.9. The molecule has 3 rings (SSSR count). The standard InChI is InChI=1S/C17H22N4O2/c1-12-6-7-13(2)14(9-12)23-11-17(22)20(3)10-16-19-18-15-5-4-8-21(15)16/h6-7,9H,4-5,8,10-11H2,1-3H3. The van der Waals surface area contributed by atoms with Crippen molar-refractivity contribution in [1.82, 2.24) is 19.7 Å². The summed E-state index contributed by atoms with van der Waals surface area (Å²) in [4.78, 5) is 13.9. The minimum absolute atomic E-state index is 0.0296. The van der Waals surface area contributed by atoms with Crippen molar-refractivity contribution in [2.75, 3.05) is 13.7 Å². The van der Waals surface area contributed by atoms with Gasteiger partial charge in [0.15, 0.2) is 12.4 Å². The van der Waals surface area contributed by atoms with Crippen LogP contribution in [-0.4, -0.2) is 39.2 Å². The van der Waals surface area contributed by atoms with Crippen LogP contribution in [0.5, 0.6) is 5.75 Å². The van der Waals surface area contributed by atoms with Crippen LogP contribution < -0.4 is 4.74 Å². The van der Waals surface area contributed by atoms with Gasteiger partial charge in [0, 0.05) is 20.0 Å². The zero-order chi connectivity index (χ0) is 16.4. The van der Waals surface area contributed by atoms with E-state index in [4.69, 9.17) is 4.74 Å². The minimum atomic E-state index is -0.0683. The molecule has 0 N–H and O–H groups in total. The summed E-state index contributed by atoms with van der Waals surface area (Å²) in [6, 6.07) is 5.98. The van der Waals surface area contributed by atoms with E-state index in [0.717, 1.165) is 47.9 Å². The van der Waals surface area contributed by atoms with Crippen molar-refractivity contribution >= 4 is 5.91 Å². The van der Waals surface area contributed by atoms with Crippen LogP contribution in [0.3, 0.4) is 0 Å². The number of amides is 1. The molecular formula is C17H22N4O2. The topological polar surface area (TPSA) is 60.2 Å². The SMILES string of the molecule is Cc1ccc(C)c(OCC(=O)N(C)Cc2nnc3n2CCC3)c1. The van der Waals surface area contributed by atoms with Crippen molar-refractivity contribution in [1.29, 1.82) is 0 Å². The number of rotatable bonds is 5. The van der Waals surface area contributed by atoms with Crippen LogP contribution in [0, 0.1) is 13.8 Å². The lowest BCUT2D eigenvalue weighted by atomic mass is 10.1. The van der Waals surface area contributed by atoms with Crippen molar-refractivity contribution in [3.05, 3.63) is 41.0 Å². The van der Waals surface area contributed by atoms with E-state index in [-0.39, 0.29) is 12.5 Å². The number of aromatic nitrogens is 3. The molecule has 1 aromatic heterocycles. The number of carbonyl (C=O) groups is 1. The Labute approximate surface area is 136 Å². The molecule has 1 amide bonds. The number of fused-ring (bicyclic) bond motifs is 1. The number of hydrogen-bond donors (Lipinski definition) is 0. The maximum absolute atomic E-state index is 12.3. The van der Waals surface area contributed by atoms with Crippen molar-refractivity contribution in [3.8, 4) is 5.75 Å². The second-order valence-electron chi connectivity index (χ2n) is 6.10. The third-order valence-corrected chi connectivity index (χ3v) is 4.19. The van der Waals surface area contributed by atoms with Crippen LogP contribution in [0.4, 0.5) is 0 Å². The quantitative estimate of drug-likeness (QED) is 0.845. The number of aryl methyl sites for hydroxylation is 3. The third-order valence-electron chi connectivity index (χ3n) is 4.19. The summed E-state index contributed by atoms with van der Waals surface area (Å²) in [5, 5.41) is 8.35. The van der Waals surface area contributed by atoms with Crippen molar-refractivity contribution in [2.24, 2.45) is 0 Å². The van der Waals surface area contributed by atoms with Crippen LogP contribution in [0.15, 0.2) is 18.2 Å². The van der Waals surface area contributed by atoms with Crippen molar-refractivity contribution in [2.45, 2.75) is 39.8 Å². The first-order valence-electron chi connectivity index (χ1n) is 7.89. The molecular weight excluding hydrogens is 292 g/mol. The molecule has 6 heteroatoms. The van der Waals surface area contributed by atoms with Gasteiger partial charge in [0.25, 0.3) is 5.91 Å². The molecule has 0 saturated heterocycles. The number of hydrogen-bond acceptors (Lipinski definition) is 4. The smallest absolute Gasteiger partial charge is 0.260 e. The summed E-state index contributed by atoms with van der Waals surface area (Å²) in [6.45, 7) is 5.41. The van der Waals surface area contributed by atoms with E-state index in [9.17, 15) is 4.79 Å². The first-order valence-corrected chi connectivity index (χ1v) is 7.89. The first kappa shape index (κ1) is 15.5. The third kappa shape index (κ3) is 3.36. The number of benzene rings is 1. The van der Waals surface area contributed by atoms with Crippen LogP contribution in [0.1, 0.15) is 29.2 Å². The van der Waals surface area contributed by atoms with Gasteiger partial charge in [-0.15, -0.1) is 10.2 Å². The highest BCUT2D eigenvalue weighted by molar-refractivity contribution is 5.77. The molecule has 1 aliphatic heterocycles. The number of nitrogens with zero attached hydrogens (tertiary/aromatic N) is 4. The molecule has 1 aliphatic rings. The van der Waals surface area contributed by atoms with E-state index in [0.29, 0.717) is 6.54 Å². The second kappa shape index (κ2) is 6.40. The highest BCUT2D eigenvalue weighted by Crippen LogP contribution is 2.19. The average Bonchev–Trinajstić information content (AvgIpc) is 3.13. The van der Waals surface area contributed by atoms with Crippen LogP contribution in [-0.2, 0) is 24.3 Å². The van der Waals surface area contributed by atoms with Gasteiger partial charge in [0.05, 0.1) is 6.54 Å². The molecule has 0 fully saturated rings. The highest BCUT2D eigenvalue weighted by atomic mass is 16.5. The molecule has 0 radical (unpaired) electrons. The Kier molecular flexibility index (Phi) is 4.32. The normalized spacial score (nSPS) is 13.0. The van der Waals surface area contributed by atoms with Crippen LogP contribution in [0.2, 0.25) is 0 Å². The Morgan fingerprint density at radius 1 is 1.35 bits per heavy atom. The lowest BCUT2D eigenvalue weighted by Crippen LogP contribution is -2.32. The van der Waals surface area contributed by atoms with Crippen molar-refractivity contribution in [3.63, 3.8) is 0 Å².